The molecule has 120 valence electrons. The van der Waals surface area contributed by atoms with E-state index in [0.717, 1.165) is 11.3 Å². The number of carbonyl (C=O) groups is 2. The highest BCUT2D eigenvalue weighted by Gasteiger charge is 2.35. The van der Waals surface area contributed by atoms with Crippen LogP contribution in [0.25, 0.3) is 6.08 Å². The monoisotopic (exact) mass is 325 g/mol. The first-order chi connectivity index (χ1) is 12.3. The van der Waals surface area contributed by atoms with E-state index in [2.05, 4.69) is 0 Å². The zero-order valence-electron chi connectivity index (χ0n) is 13.4. The number of benzene rings is 3. The van der Waals surface area contributed by atoms with Crippen LogP contribution in [0.2, 0.25) is 0 Å². The third-order valence-corrected chi connectivity index (χ3v) is 4.19. The number of amides is 1. The van der Waals surface area contributed by atoms with E-state index in [1.807, 2.05) is 72.8 Å². The van der Waals surface area contributed by atoms with Gasteiger partial charge < -0.3 is 0 Å². The molecule has 0 spiro atoms. The van der Waals surface area contributed by atoms with Gasteiger partial charge in [-0.1, -0.05) is 60.7 Å². The third kappa shape index (κ3) is 2.66. The number of carbonyl (C=O) groups excluding carboxylic acids is 2. The molecule has 4 rings (SSSR count). The number of rotatable bonds is 2. The molecule has 0 N–H and O–H groups in total. The molecule has 25 heavy (non-hydrogen) atoms. The van der Waals surface area contributed by atoms with Crippen molar-refractivity contribution in [3.8, 4) is 0 Å². The summed E-state index contributed by atoms with van der Waals surface area (Å²) in [5.41, 5.74) is 2.90. The van der Waals surface area contributed by atoms with Crippen molar-refractivity contribution in [1.82, 2.24) is 0 Å². The molecular weight excluding hydrogens is 310 g/mol. The molecule has 0 radical (unpaired) electrons. The summed E-state index contributed by atoms with van der Waals surface area (Å²) in [5, 5.41) is 0. The molecule has 1 amide bonds. The number of fused-ring (bicyclic) bond motifs is 1. The maximum Gasteiger partial charge on any atom is 0.266 e. The molecule has 3 aromatic rings. The van der Waals surface area contributed by atoms with E-state index in [1.54, 1.807) is 23.1 Å². The van der Waals surface area contributed by atoms with Crippen molar-refractivity contribution in [2.24, 2.45) is 0 Å². The molecule has 3 heteroatoms. The topological polar surface area (TPSA) is 37.4 Å². The fourth-order valence-electron chi connectivity index (χ4n) is 3.01. The quantitative estimate of drug-likeness (QED) is 0.509. The average Bonchev–Trinajstić information content (AvgIpc) is 2.67. The highest BCUT2D eigenvalue weighted by molar-refractivity contribution is 6.38. The summed E-state index contributed by atoms with van der Waals surface area (Å²) in [7, 11) is 0. The van der Waals surface area contributed by atoms with Gasteiger partial charge >= 0.3 is 0 Å². The molecular formula is C22H15NO2. The molecule has 3 aromatic carbocycles. The predicted molar refractivity (Wildman–Crippen MR) is 98.8 cm³/mol. The molecule has 1 aliphatic heterocycles. The molecule has 1 aliphatic rings. The van der Waals surface area contributed by atoms with Crippen molar-refractivity contribution in [3.63, 3.8) is 0 Å². The Bertz CT molecular complexity index is 975. The standard InChI is InChI=1S/C22H15NO2/c24-21-18-13-7-8-14-20(18)23(17-11-5-2-6-12-17)22(25)19(21)15-16-9-3-1-4-10-16/h1-15H/b19-15-. The summed E-state index contributed by atoms with van der Waals surface area (Å²) in [5.74, 6) is -0.546. The summed E-state index contributed by atoms with van der Waals surface area (Å²) < 4.78 is 0. The smallest absolute Gasteiger partial charge is 0.266 e. The van der Waals surface area contributed by atoms with E-state index in [9.17, 15) is 9.59 Å². The van der Waals surface area contributed by atoms with Gasteiger partial charge in [0.25, 0.3) is 5.91 Å². The van der Waals surface area contributed by atoms with Crippen molar-refractivity contribution in [3.05, 3.63) is 102 Å². The number of Topliss-reactive ketones (excluding diaryl/α,β-unsaturated/α-hetero) is 1. The van der Waals surface area contributed by atoms with Gasteiger partial charge in [-0.2, -0.15) is 0 Å². The average molecular weight is 325 g/mol. The van der Waals surface area contributed by atoms with Gasteiger partial charge in [0.05, 0.1) is 11.3 Å². The Kier molecular flexibility index (Phi) is 3.75. The van der Waals surface area contributed by atoms with E-state index in [-0.39, 0.29) is 17.3 Å². The lowest BCUT2D eigenvalue weighted by atomic mass is 9.93. The van der Waals surface area contributed by atoms with Gasteiger partial charge in [0, 0.05) is 11.3 Å². The highest BCUT2D eigenvalue weighted by atomic mass is 16.2. The van der Waals surface area contributed by atoms with Crippen LogP contribution in [-0.4, -0.2) is 11.7 Å². The molecule has 3 nitrogen and oxygen atoms in total. The number of ketones is 1. The fourth-order valence-corrected chi connectivity index (χ4v) is 3.01. The molecule has 0 aromatic heterocycles. The van der Waals surface area contributed by atoms with Crippen LogP contribution in [0.15, 0.2) is 90.5 Å². The highest BCUT2D eigenvalue weighted by Crippen LogP contribution is 2.36. The Morgan fingerprint density at radius 3 is 2.00 bits per heavy atom. The minimum Gasteiger partial charge on any atom is -0.288 e. The molecule has 0 fully saturated rings. The van der Waals surface area contributed by atoms with Gasteiger partial charge in [0.1, 0.15) is 0 Å². The maximum absolute atomic E-state index is 13.1. The van der Waals surface area contributed by atoms with Crippen LogP contribution in [0.1, 0.15) is 15.9 Å². The number of nitrogens with zero attached hydrogens (tertiary/aromatic N) is 1. The van der Waals surface area contributed by atoms with E-state index in [4.69, 9.17) is 0 Å². The third-order valence-electron chi connectivity index (χ3n) is 4.19. The normalized spacial score (nSPS) is 15.4. The summed E-state index contributed by atoms with van der Waals surface area (Å²) in [6.07, 6.45) is 1.66. The van der Waals surface area contributed by atoms with Crippen LogP contribution in [-0.2, 0) is 4.79 Å². The molecule has 0 saturated carbocycles. The first-order valence-corrected chi connectivity index (χ1v) is 8.06. The Balaban J connectivity index is 1.91. The summed E-state index contributed by atoms with van der Waals surface area (Å²) in [4.78, 5) is 27.6. The van der Waals surface area contributed by atoms with E-state index in [0.29, 0.717) is 11.3 Å². The number of para-hydroxylation sites is 2. The van der Waals surface area contributed by atoms with Crippen molar-refractivity contribution < 1.29 is 9.59 Å². The van der Waals surface area contributed by atoms with E-state index in [1.165, 1.54) is 0 Å². The Labute approximate surface area is 145 Å². The molecule has 0 atom stereocenters. The maximum atomic E-state index is 13.1. The van der Waals surface area contributed by atoms with Crippen LogP contribution < -0.4 is 4.90 Å². The molecule has 0 saturated heterocycles. The summed E-state index contributed by atoms with van der Waals surface area (Å²) >= 11 is 0. The van der Waals surface area contributed by atoms with Gasteiger partial charge in [0.15, 0.2) is 0 Å². The lowest BCUT2D eigenvalue weighted by molar-refractivity contribution is -0.114. The van der Waals surface area contributed by atoms with Crippen molar-refractivity contribution in [2.45, 2.75) is 0 Å². The number of hydrogen-bond acceptors (Lipinski definition) is 2. The first kappa shape index (κ1) is 15.1. The SMILES string of the molecule is O=C1/C(=C/c2ccccc2)C(=O)N(c2ccccc2)c2ccccc21. The second-order valence-corrected chi connectivity index (χ2v) is 5.79. The summed E-state index contributed by atoms with van der Waals surface area (Å²) in [6.45, 7) is 0. The van der Waals surface area contributed by atoms with Gasteiger partial charge in [-0.15, -0.1) is 0 Å². The van der Waals surface area contributed by atoms with Crippen LogP contribution in [0.3, 0.4) is 0 Å². The van der Waals surface area contributed by atoms with Crippen LogP contribution in [0.4, 0.5) is 11.4 Å². The fraction of sp³-hybridized carbons (Fsp3) is 0. The van der Waals surface area contributed by atoms with Crippen LogP contribution in [0.5, 0.6) is 0 Å². The summed E-state index contributed by atoms with van der Waals surface area (Å²) in [6, 6.07) is 26.0. The second kappa shape index (κ2) is 6.21. The Hall–Kier alpha value is -3.46. The minimum atomic E-state index is -0.307. The lowest BCUT2D eigenvalue weighted by Crippen LogP contribution is -2.36. The first-order valence-electron chi connectivity index (χ1n) is 8.06. The van der Waals surface area contributed by atoms with Crippen molar-refractivity contribution >= 4 is 29.1 Å². The molecule has 0 bridgehead atoms. The molecule has 1 heterocycles. The Morgan fingerprint density at radius 1 is 0.680 bits per heavy atom. The molecule has 0 unspecified atom stereocenters. The number of anilines is 2. The minimum absolute atomic E-state index is 0.175. The largest absolute Gasteiger partial charge is 0.288 e. The van der Waals surface area contributed by atoms with Gasteiger partial charge in [-0.05, 0) is 35.9 Å². The zero-order valence-corrected chi connectivity index (χ0v) is 13.4. The zero-order chi connectivity index (χ0) is 17.2. The van der Waals surface area contributed by atoms with Crippen LogP contribution in [0, 0.1) is 0 Å². The molecule has 0 aliphatic carbocycles. The van der Waals surface area contributed by atoms with Gasteiger partial charge in [-0.3, -0.25) is 14.5 Å². The van der Waals surface area contributed by atoms with E-state index >= 15 is 0 Å². The van der Waals surface area contributed by atoms with Gasteiger partial charge in [0.2, 0.25) is 5.78 Å². The number of hydrogen-bond donors (Lipinski definition) is 0. The lowest BCUT2D eigenvalue weighted by Gasteiger charge is -2.30. The van der Waals surface area contributed by atoms with Crippen LogP contribution >= 0.6 is 0 Å². The van der Waals surface area contributed by atoms with E-state index < -0.39 is 0 Å². The predicted octanol–water partition coefficient (Wildman–Crippen LogP) is 4.63. The van der Waals surface area contributed by atoms with Crippen molar-refractivity contribution in [1.29, 1.82) is 0 Å². The van der Waals surface area contributed by atoms with Crippen molar-refractivity contribution in [2.75, 3.05) is 4.90 Å². The second-order valence-electron chi connectivity index (χ2n) is 5.79. The Morgan fingerprint density at radius 2 is 1.28 bits per heavy atom. The van der Waals surface area contributed by atoms with Gasteiger partial charge in [-0.25, -0.2) is 0 Å².